The van der Waals surface area contributed by atoms with Crippen molar-refractivity contribution in [3.05, 3.63) is 134 Å². The number of allylic oxidation sites excluding steroid dienone is 22. The molecule has 1 atom stereocenters. The van der Waals surface area contributed by atoms with E-state index in [1.54, 1.807) is 0 Å². The van der Waals surface area contributed by atoms with Crippen LogP contribution in [-0.2, 0) is 28.6 Å². The van der Waals surface area contributed by atoms with Gasteiger partial charge in [0.05, 0.1) is 0 Å². The van der Waals surface area contributed by atoms with Crippen LogP contribution in [0.4, 0.5) is 0 Å². The number of carbonyl (C=O) groups is 3. The van der Waals surface area contributed by atoms with E-state index in [0.29, 0.717) is 19.3 Å². The Morgan fingerprint density at radius 1 is 0.288 bits per heavy atom. The lowest BCUT2D eigenvalue weighted by atomic mass is 10.1. The van der Waals surface area contributed by atoms with Gasteiger partial charge in [0.1, 0.15) is 13.2 Å². The molecule has 0 aromatic carbocycles. The Kier molecular flexibility index (Phi) is 56.4. The maximum atomic E-state index is 12.9. The summed E-state index contributed by atoms with van der Waals surface area (Å²) in [5, 5.41) is 0. The average molecular weight is 1010 g/mol. The molecule has 73 heavy (non-hydrogen) atoms. The molecule has 6 nitrogen and oxygen atoms in total. The minimum absolute atomic E-state index is 0.112. The minimum atomic E-state index is -0.818. The lowest BCUT2D eigenvalue weighted by Gasteiger charge is -2.18. The first kappa shape index (κ1) is 68.6. The van der Waals surface area contributed by atoms with Crippen molar-refractivity contribution in [1.82, 2.24) is 0 Å². The van der Waals surface area contributed by atoms with Crippen LogP contribution in [0, 0.1) is 0 Å². The third kappa shape index (κ3) is 58.3. The van der Waals surface area contributed by atoms with Gasteiger partial charge in [0.25, 0.3) is 0 Å². The maximum Gasteiger partial charge on any atom is 0.306 e. The minimum Gasteiger partial charge on any atom is -0.462 e. The van der Waals surface area contributed by atoms with Gasteiger partial charge in [-0.3, -0.25) is 14.4 Å². The van der Waals surface area contributed by atoms with E-state index in [0.717, 1.165) is 135 Å². The lowest BCUT2D eigenvalue weighted by molar-refractivity contribution is -0.167. The van der Waals surface area contributed by atoms with Crippen molar-refractivity contribution in [2.45, 2.75) is 258 Å². The predicted molar refractivity (Wildman–Crippen MR) is 316 cm³/mol. The van der Waals surface area contributed by atoms with Gasteiger partial charge in [-0.25, -0.2) is 0 Å². The summed E-state index contributed by atoms with van der Waals surface area (Å²) in [5.41, 5.74) is 0. The zero-order chi connectivity index (χ0) is 52.9. The van der Waals surface area contributed by atoms with Gasteiger partial charge in [-0.2, -0.15) is 0 Å². The Morgan fingerprint density at radius 2 is 0.548 bits per heavy atom. The van der Waals surface area contributed by atoms with Crippen LogP contribution in [-0.4, -0.2) is 37.2 Å². The van der Waals surface area contributed by atoms with E-state index in [9.17, 15) is 14.4 Å². The molecule has 0 radical (unpaired) electrons. The fourth-order valence-corrected chi connectivity index (χ4v) is 7.73. The molecule has 0 aromatic rings. The van der Waals surface area contributed by atoms with E-state index in [4.69, 9.17) is 14.2 Å². The molecule has 0 bridgehead atoms. The van der Waals surface area contributed by atoms with Crippen LogP contribution in [0.3, 0.4) is 0 Å². The molecule has 0 rings (SSSR count). The fourth-order valence-electron chi connectivity index (χ4n) is 7.73. The van der Waals surface area contributed by atoms with Crippen LogP contribution in [0.15, 0.2) is 134 Å². The van der Waals surface area contributed by atoms with E-state index in [1.807, 2.05) is 0 Å². The number of carbonyl (C=O) groups excluding carboxylic acids is 3. The third-order valence-corrected chi connectivity index (χ3v) is 12.1. The molecular weight excluding hydrogens is 901 g/mol. The number of hydrogen-bond acceptors (Lipinski definition) is 6. The van der Waals surface area contributed by atoms with Gasteiger partial charge in [-0.1, -0.05) is 238 Å². The summed E-state index contributed by atoms with van der Waals surface area (Å²) in [6, 6.07) is 0. The molecule has 0 saturated heterocycles. The molecule has 0 aliphatic rings. The largest absolute Gasteiger partial charge is 0.462 e. The Morgan fingerprint density at radius 3 is 0.890 bits per heavy atom. The smallest absolute Gasteiger partial charge is 0.306 e. The highest BCUT2D eigenvalue weighted by Gasteiger charge is 2.19. The van der Waals surface area contributed by atoms with E-state index in [2.05, 4.69) is 154 Å². The second-order valence-electron chi connectivity index (χ2n) is 19.1. The predicted octanol–water partition coefficient (Wildman–Crippen LogP) is 20.2. The molecule has 0 heterocycles. The highest BCUT2D eigenvalue weighted by molar-refractivity contribution is 5.71. The van der Waals surface area contributed by atoms with Gasteiger partial charge < -0.3 is 14.2 Å². The standard InChI is InChI=1S/C67H108O6/c1-4-7-10-13-16-19-22-25-28-31-33-36-39-42-45-48-51-54-57-60-66(69)72-63-64(62-71-65(68)59-56-53-50-47-44-41-38-35-30-27-24-21-18-15-12-9-6-3)73-67(70)61-58-55-52-49-46-43-40-37-34-32-29-26-23-20-17-14-11-8-5-2/h7-8,10-11,16-17,19-20,25-30,33-34,36-38,41,47,50,64H,4-6,9,12-15,18,21-24,31-32,35,39-40,42-46,48-49,51-63H2,1-3H3/b10-7-,11-8-,19-16-,20-17-,28-25-,29-26-,30-27-,36-33-,37-34-,41-38-,50-47-. The molecule has 412 valence electrons. The molecule has 0 spiro atoms. The summed E-state index contributed by atoms with van der Waals surface area (Å²) in [5.74, 6) is -0.994. The monoisotopic (exact) mass is 1010 g/mol. The molecule has 1 unspecified atom stereocenters. The highest BCUT2D eigenvalue weighted by Crippen LogP contribution is 2.14. The molecule has 0 aliphatic heterocycles. The molecule has 0 fully saturated rings. The van der Waals surface area contributed by atoms with Crippen LogP contribution in [0.25, 0.3) is 0 Å². The van der Waals surface area contributed by atoms with Crippen molar-refractivity contribution in [2.24, 2.45) is 0 Å². The SMILES string of the molecule is CC/C=C\C/C=C\C/C=C\C/C=C\CCCCCCCCC(=O)OCC(COC(=O)CCC/C=C\C/C=C\C/C=C\CCCCCCCC)OC(=O)CCCCCCCC/C=C\C/C=C\C/C=C\C/C=C\CC. The highest BCUT2D eigenvalue weighted by atomic mass is 16.6. The van der Waals surface area contributed by atoms with Gasteiger partial charge in [0, 0.05) is 19.3 Å². The topological polar surface area (TPSA) is 78.9 Å². The average Bonchev–Trinajstić information content (AvgIpc) is 3.39. The maximum absolute atomic E-state index is 12.9. The Bertz CT molecular complexity index is 1580. The zero-order valence-corrected chi connectivity index (χ0v) is 47.1. The summed E-state index contributed by atoms with van der Waals surface area (Å²) in [4.78, 5) is 38.2. The van der Waals surface area contributed by atoms with Crippen molar-refractivity contribution < 1.29 is 28.6 Å². The molecule has 0 aromatic heterocycles. The number of hydrogen-bond donors (Lipinski definition) is 0. The molecule has 0 N–H and O–H groups in total. The second kappa shape index (κ2) is 60.1. The summed E-state index contributed by atoms with van der Waals surface area (Å²) in [6.07, 6.45) is 84.4. The molecule has 0 saturated carbocycles. The van der Waals surface area contributed by atoms with Crippen molar-refractivity contribution in [1.29, 1.82) is 0 Å². The van der Waals surface area contributed by atoms with Crippen molar-refractivity contribution >= 4 is 17.9 Å². The van der Waals surface area contributed by atoms with Gasteiger partial charge >= 0.3 is 17.9 Å². The molecular formula is C67H108O6. The van der Waals surface area contributed by atoms with Crippen LogP contribution in [0.2, 0.25) is 0 Å². The van der Waals surface area contributed by atoms with E-state index >= 15 is 0 Å². The summed E-state index contributed by atoms with van der Waals surface area (Å²) < 4.78 is 16.8. The fraction of sp³-hybridized carbons (Fsp3) is 0.627. The normalized spacial score (nSPS) is 13.1. The van der Waals surface area contributed by atoms with E-state index in [-0.39, 0.29) is 37.5 Å². The first-order valence-electron chi connectivity index (χ1n) is 29.7. The second-order valence-corrected chi connectivity index (χ2v) is 19.1. The van der Waals surface area contributed by atoms with Gasteiger partial charge in [-0.05, 0) is 128 Å². The Hall–Kier alpha value is -4.45. The van der Waals surface area contributed by atoms with E-state index < -0.39 is 6.10 Å². The van der Waals surface area contributed by atoms with Crippen LogP contribution >= 0.6 is 0 Å². The first-order valence-corrected chi connectivity index (χ1v) is 29.7. The van der Waals surface area contributed by atoms with Crippen molar-refractivity contribution in [3.8, 4) is 0 Å². The van der Waals surface area contributed by atoms with Crippen LogP contribution in [0.5, 0.6) is 0 Å². The van der Waals surface area contributed by atoms with Crippen molar-refractivity contribution in [3.63, 3.8) is 0 Å². The number of rotatable bonds is 52. The quantitative estimate of drug-likeness (QED) is 0.0261. The number of esters is 3. The van der Waals surface area contributed by atoms with E-state index in [1.165, 1.54) is 70.6 Å². The molecule has 0 aliphatic carbocycles. The van der Waals surface area contributed by atoms with Crippen LogP contribution < -0.4 is 0 Å². The molecule has 0 amide bonds. The van der Waals surface area contributed by atoms with Crippen LogP contribution in [0.1, 0.15) is 252 Å². The number of unbranched alkanes of at least 4 members (excludes halogenated alkanes) is 19. The third-order valence-electron chi connectivity index (χ3n) is 12.1. The van der Waals surface area contributed by atoms with Gasteiger partial charge in [0.15, 0.2) is 6.10 Å². The Labute approximate surface area is 449 Å². The van der Waals surface area contributed by atoms with Crippen molar-refractivity contribution in [2.75, 3.05) is 13.2 Å². The summed E-state index contributed by atoms with van der Waals surface area (Å²) >= 11 is 0. The molecule has 6 heteroatoms. The zero-order valence-electron chi connectivity index (χ0n) is 47.1. The number of ether oxygens (including phenoxy) is 3. The van der Waals surface area contributed by atoms with Gasteiger partial charge in [-0.15, -0.1) is 0 Å². The Balaban J connectivity index is 4.54. The first-order chi connectivity index (χ1) is 36.0. The van der Waals surface area contributed by atoms with Gasteiger partial charge in [0.2, 0.25) is 0 Å². The summed E-state index contributed by atoms with van der Waals surface area (Å²) in [7, 11) is 0. The summed E-state index contributed by atoms with van der Waals surface area (Å²) in [6.45, 7) is 6.34. The lowest BCUT2D eigenvalue weighted by Crippen LogP contribution is -2.30.